The quantitative estimate of drug-likeness (QED) is 0.501. The summed E-state index contributed by atoms with van der Waals surface area (Å²) in [6, 6.07) is 11.3. The van der Waals surface area contributed by atoms with Gasteiger partial charge < -0.3 is 20.4 Å². The van der Waals surface area contributed by atoms with Crippen LogP contribution in [-0.2, 0) is 9.59 Å². The van der Waals surface area contributed by atoms with Crippen molar-refractivity contribution in [1.82, 2.24) is 15.1 Å². The third kappa shape index (κ3) is 4.32. The van der Waals surface area contributed by atoms with Crippen molar-refractivity contribution in [2.75, 3.05) is 31.5 Å². The van der Waals surface area contributed by atoms with Gasteiger partial charge in [0.1, 0.15) is 11.8 Å². The number of piperazine rings is 1. The first-order valence-corrected chi connectivity index (χ1v) is 12.3. The minimum atomic E-state index is -0.825. The topological polar surface area (TPSA) is 125 Å². The number of nitro groups is 1. The second kappa shape index (κ2) is 9.69. The van der Waals surface area contributed by atoms with Gasteiger partial charge in [0.2, 0.25) is 5.91 Å². The summed E-state index contributed by atoms with van der Waals surface area (Å²) < 4.78 is 0. The van der Waals surface area contributed by atoms with Crippen molar-refractivity contribution in [3.63, 3.8) is 0 Å². The lowest BCUT2D eigenvalue weighted by atomic mass is 9.86. The molecule has 188 valence electrons. The Balaban J connectivity index is 1.58. The van der Waals surface area contributed by atoms with Crippen LogP contribution in [0.15, 0.2) is 48.5 Å². The number of non-ortho nitro benzene ring substituents is 1. The molecule has 3 amide bonds. The first-order valence-electron chi connectivity index (χ1n) is 12.3. The molecule has 3 aliphatic rings. The zero-order valence-corrected chi connectivity index (χ0v) is 20.1. The number of carbonyl (C=O) groups excluding carboxylic acids is 3. The largest absolute Gasteiger partial charge is 0.338 e. The van der Waals surface area contributed by atoms with Gasteiger partial charge in [0.15, 0.2) is 0 Å². The summed E-state index contributed by atoms with van der Waals surface area (Å²) in [5.74, 6) is -1.12. The molecular formula is C26H29N5O5. The van der Waals surface area contributed by atoms with E-state index in [2.05, 4.69) is 10.6 Å². The number of Topliss-reactive ketones (excluding diaryl/α,β-unsaturated/α-hetero) is 1. The van der Waals surface area contributed by atoms with E-state index >= 15 is 0 Å². The number of hydrogen-bond acceptors (Lipinski definition) is 6. The molecule has 0 radical (unpaired) electrons. The Morgan fingerprint density at radius 1 is 1.11 bits per heavy atom. The molecule has 2 saturated heterocycles. The van der Waals surface area contributed by atoms with Crippen LogP contribution in [0.3, 0.4) is 0 Å². The van der Waals surface area contributed by atoms with E-state index in [1.165, 1.54) is 17.0 Å². The number of aryl methyl sites for hydroxylation is 1. The molecule has 3 fully saturated rings. The van der Waals surface area contributed by atoms with Crippen LogP contribution in [0.4, 0.5) is 16.2 Å². The molecule has 0 aromatic heterocycles. The Morgan fingerprint density at radius 2 is 1.83 bits per heavy atom. The van der Waals surface area contributed by atoms with Gasteiger partial charge in [0.25, 0.3) is 5.69 Å². The molecule has 0 bridgehead atoms. The van der Waals surface area contributed by atoms with Crippen LogP contribution < -0.4 is 10.6 Å². The Hall–Kier alpha value is -3.79. The molecule has 1 aliphatic carbocycles. The number of nitro benzene ring substituents is 1. The Labute approximate surface area is 208 Å². The first-order chi connectivity index (χ1) is 17.3. The minimum absolute atomic E-state index is 0.0137. The van der Waals surface area contributed by atoms with Gasteiger partial charge in [-0.15, -0.1) is 0 Å². The molecule has 10 nitrogen and oxygen atoms in total. The molecule has 2 aromatic carbocycles. The van der Waals surface area contributed by atoms with Gasteiger partial charge in [0.05, 0.1) is 11.0 Å². The first kappa shape index (κ1) is 23.9. The minimum Gasteiger partial charge on any atom is -0.338 e. The maximum atomic E-state index is 13.9. The van der Waals surface area contributed by atoms with Crippen molar-refractivity contribution in [1.29, 1.82) is 0 Å². The van der Waals surface area contributed by atoms with Gasteiger partial charge in [-0.05, 0) is 31.0 Å². The van der Waals surface area contributed by atoms with Crippen molar-refractivity contribution in [3.05, 3.63) is 69.8 Å². The predicted octanol–water partition coefficient (Wildman–Crippen LogP) is 2.89. The number of likely N-dealkylation sites (tertiary alicyclic amines) is 1. The Kier molecular flexibility index (Phi) is 6.44. The van der Waals surface area contributed by atoms with Crippen LogP contribution in [-0.4, -0.2) is 64.7 Å². The highest BCUT2D eigenvalue weighted by Gasteiger charge is 2.59. The number of anilines is 1. The zero-order valence-electron chi connectivity index (χ0n) is 20.1. The van der Waals surface area contributed by atoms with Crippen molar-refractivity contribution in [3.8, 4) is 0 Å². The van der Waals surface area contributed by atoms with E-state index in [4.69, 9.17) is 0 Å². The van der Waals surface area contributed by atoms with E-state index < -0.39 is 29.0 Å². The van der Waals surface area contributed by atoms with Crippen LogP contribution in [0.25, 0.3) is 0 Å². The molecule has 0 spiro atoms. The lowest BCUT2D eigenvalue weighted by Crippen LogP contribution is -2.55. The van der Waals surface area contributed by atoms with E-state index in [1.807, 2.05) is 19.1 Å². The SMILES string of the molecule is Cc1ccc(NC(=O)N2C(C(=O)N3CCNCC3)C3CCC(=O)C3C2c2cccc([N+](=O)[O-])c2)cc1. The van der Waals surface area contributed by atoms with Crippen molar-refractivity contribution in [2.45, 2.75) is 31.8 Å². The molecule has 4 atom stereocenters. The fourth-order valence-corrected chi connectivity index (χ4v) is 5.85. The lowest BCUT2D eigenvalue weighted by molar-refractivity contribution is -0.385. The molecule has 36 heavy (non-hydrogen) atoms. The number of ketones is 1. The third-order valence-electron chi connectivity index (χ3n) is 7.54. The predicted molar refractivity (Wildman–Crippen MR) is 132 cm³/mol. The van der Waals surface area contributed by atoms with Gasteiger partial charge in [-0.3, -0.25) is 19.7 Å². The number of fused-ring (bicyclic) bond motifs is 1. The van der Waals surface area contributed by atoms with Crippen LogP contribution in [0.1, 0.15) is 30.0 Å². The average molecular weight is 492 g/mol. The van der Waals surface area contributed by atoms with Crippen molar-refractivity contribution < 1.29 is 19.3 Å². The maximum absolute atomic E-state index is 13.9. The summed E-state index contributed by atoms with van der Waals surface area (Å²) in [5.41, 5.74) is 1.98. The lowest BCUT2D eigenvalue weighted by Gasteiger charge is -2.36. The Morgan fingerprint density at radius 3 is 2.53 bits per heavy atom. The van der Waals surface area contributed by atoms with Crippen molar-refractivity contribution >= 4 is 29.1 Å². The zero-order chi connectivity index (χ0) is 25.4. The van der Waals surface area contributed by atoms with Gasteiger partial charge in [-0.1, -0.05) is 29.8 Å². The van der Waals surface area contributed by atoms with Gasteiger partial charge >= 0.3 is 6.03 Å². The molecule has 2 N–H and O–H groups in total. The number of carbonyl (C=O) groups is 3. The number of nitrogens with zero attached hydrogens (tertiary/aromatic N) is 3. The molecule has 4 unspecified atom stereocenters. The van der Waals surface area contributed by atoms with E-state index in [1.54, 1.807) is 29.2 Å². The standard InChI is InChI=1S/C26H29N5O5/c1-16-5-7-18(8-6-16)28-26(34)30-23(17-3-2-4-19(15-17)31(35)36)22-20(9-10-21(22)32)24(30)25(33)29-13-11-27-12-14-29/h2-8,15,20,22-24,27H,9-14H2,1H3,(H,28,34). The number of nitrogens with one attached hydrogen (secondary N) is 2. The number of benzene rings is 2. The molecule has 2 aliphatic heterocycles. The van der Waals surface area contributed by atoms with Gasteiger partial charge in [-0.25, -0.2) is 4.79 Å². The van der Waals surface area contributed by atoms with E-state index in [0.29, 0.717) is 50.3 Å². The highest BCUT2D eigenvalue weighted by Crippen LogP contribution is 2.52. The summed E-state index contributed by atoms with van der Waals surface area (Å²) in [5, 5.41) is 17.6. The van der Waals surface area contributed by atoms with Crippen molar-refractivity contribution in [2.24, 2.45) is 11.8 Å². The molecule has 10 heteroatoms. The summed E-state index contributed by atoms with van der Waals surface area (Å²) in [6.45, 7) is 4.31. The maximum Gasteiger partial charge on any atom is 0.323 e. The fourth-order valence-electron chi connectivity index (χ4n) is 5.85. The normalized spacial score (nSPS) is 25.5. The average Bonchev–Trinajstić information content (AvgIpc) is 3.43. The highest BCUT2D eigenvalue weighted by atomic mass is 16.6. The molecule has 5 rings (SSSR count). The van der Waals surface area contributed by atoms with Crippen LogP contribution in [0.5, 0.6) is 0 Å². The van der Waals surface area contributed by atoms with Gasteiger partial charge in [0, 0.05) is 62.3 Å². The summed E-state index contributed by atoms with van der Waals surface area (Å²) in [6.07, 6.45) is 0.839. The number of rotatable bonds is 4. The molecule has 2 heterocycles. The van der Waals surface area contributed by atoms with E-state index in [0.717, 1.165) is 5.56 Å². The number of urea groups is 1. The third-order valence-corrected chi connectivity index (χ3v) is 7.54. The Bertz CT molecular complexity index is 1190. The monoisotopic (exact) mass is 491 g/mol. The highest BCUT2D eigenvalue weighted by molar-refractivity contribution is 5.97. The van der Waals surface area contributed by atoms with E-state index in [-0.39, 0.29) is 23.3 Å². The van der Waals surface area contributed by atoms with Crippen LogP contribution in [0.2, 0.25) is 0 Å². The molecule has 2 aromatic rings. The second-order valence-corrected chi connectivity index (χ2v) is 9.72. The molecular weight excluding hydrogens is 462 g/mol. The van der Waals surface area contributed by atoms with E-state index in [9.17, 15) is 24.5 Å². The summed E-state index contributed by atoms with van der Waals surface area (Å²) in [4.78, 5) is 55.1. The van der Waals surface area contributed by atoms with Crippen LogP contribution >= 0.6 is 0 Å². The van der Waals surface area contributed by atoms with Gasteiger partial charge in [-0.2, -0.15) is 0 Å². The summed E-state index contributed by atoms with van der Waals surface area (Å²) in [7, 11) is 0. The fraction of sp³-hybridized carbons (Fsp3) is 0.423. The van der Waals surface area contributed by atoms with Crippen LogP contribution in [0, 0.1) is 28.9 Å². The second-order valence-electron chi connectivity index (χ2n) is 9.72. The molecule has 1 saturated carbocycles. The number of amides is 3. The number of hydrogen-bond donors (Lipinski definition) is 2. The summed E-state index contributed by atoms with van der Waals surface area (Å²) >= 11 is 0. The smallest absolute Gasteiger partial charge is 0.323 e.